The minimum Gasteiger partial charge on any atom is -0.494 e. The Hall–Kier alpha value is -1.60. The summed E-state index contributed by atoms with van der Waals surface area (Å²) in [5.41, 5.74) is 3.49. The van der Waals surface area contributed by atoms with E-state index < -0.39 is 10.0 Å². The van der Waals surface area contributed by atoms with Crippen LogP contribution < -0.4 is 14.8 Å². The number of fused-ring (bicyclic) bond motifs is 1. The molecule has 148 valence electrons. The zero-order valence-electron chi connectivity index (χ0n) is 15.5. The van der Waals surface area contributed by atoms with Gasteiger partial charge in [-0.2, -0.15) is 0 Å². The van der Waals surface area contributed by atoms with Crippen LogP contribution >= 0.6 is 12.4 Å². The SMILES string of the molecule is CCCCCOc1ccc(S(=O)(=O)NCc2ccc3c(c2)CNC3)cc1.Cl. The molecule has 1 aliphatic heterocycles. The Labute approximate surface area is 168 Å². The number of sulfonamides is 1. The zero-order valence-corrected chi connectivity index (χ0v) is 17.2. The van der Waals surface area contributed by atoms with E-state index in [0.717, 1.165) is 37.9 Å². The van der Waals surface area contributed by atoms with Gasteiger partial charge in [-0.25, -0.2) is 13.1 Å². The summed E-state index contributed by atoms with van der Waals surface area (Å²) in [6.07, 6.45) is 3.29. The molecular weight excluding hydrogens is 384 g/mol. The van der Waals surface area contributed by atoms with E-state index in [1.54, 1.807) is 24.3 Å². The third-order valence-corrected chi connectivity index (χ3v) is 5.94. The van der Waals surface area contributed by atoms with Crippen LogP contribution in [0.3, 0.4) is 0 Å². The third kappa shape index (κ3) is 5.94. The van der Waals surface area contributed by atoms with Gasteiger partial charge in [-0.1, -0.05) is 38.0 Å². The van der Waals surface area contributed by atoms with Gasteiger partial charge in [0.05, 0.1) is 11.5 Å². The first-order valence-corrected chi connectivity index (χ1v) is 10.6. The number of rotatable bonds is 9. The molecular formula is C20H27ClN2O3S. The average molecular weight is 411 g/mol. The Bertz CT molecular complexity index is 839. The number of hydrogen-bond donors (Lipinski definition) is 2. The number of ether oxygens (including phenoxy) is 1. The molecule has 0 spiro atoms. The highest BCUT2D eigenvalue weighted by Gasteiger charge is 2.15. The maximum Gasteiger partial charge on any atom is 0.240 e. The van der Waals surface area contributed by atoms with Crippen molar-refractivity contribution in [2.45, 2.75) is 50.7 Å². The summed E-state index contributed by atoms with van der Waals surface area (Å²) in [5.74, 6) is 0.700. The highest BCUT2D eigenvalue weighted by Crippen LogP contribution is 2.19. The zero-order chi connectivity index (χ0) is 18.4. The molecule has 2 aromatic rings. The van der Waals surface area contributed by atoms with Crippen molar-refractivity contribution < 1.29 is 13.2 Å². The number of hydrogen-bond acceptors (Lipinski definition) is 4. The fraction of sp³-hybridized carbons (Fsp3) is 0.400. The number of nitrogens with one attached hydrogen (secondary N) is 2. The maximum absolute atomic E-state index is 12.5. The normalized spacial score (nSPS) is 13.1. The molecule has 0 aliphatic carbocycles. The molecule has 2 N–H and O–H groups in total. The molecule has 0 atom stereocenters. The molecule has 0 aromatic heterocycles. The Morgan fingerprint density at radius 2 is 1.78 bits per heavy atom. The van der Waals surface area contributed by atoms with Crippen molar-refractivity contribution in [3.63, 3.8) is 0 Å². The number of benzene rings is 2. The summed E-state index contributed by atoms with van der Waals surface area (Å²) in [7, 11) is -3.54. The molecule has 0 unspecified atom stereocenters. The van der Waals surface area contributed by atoms with Crippen molar-refractivity contribution in [2.75, 3.05) is 6.61 Å². The summed E-state index contributed by atoms with van der Waals surface area (Å²) in [5, 5.41) is 3.29. The lowest BCUT2D eigenvalue weighted by molar-refractivity contribution is 0.306. The van der Waals surface area contributed by atoms with E-state index in [1.807, 2.05) is 6.07 Å². The molecule has 7 heteroatoms. The first-order valence-electron chi connectivity index (χ1n) is 9.12. The third-order valence-electron chi connectivity index (χ3n) is 4.52. The Balaban J connectivity index is 0.00000261. The molecule has 0 radical (unpaired) electrons. The van der Waals surface area contributed by atoms with Crippen molar-refractivity contribution >= 4 is 22.4 Å². The van der Waals surface area contributed by atoms with Gasteiger partial charge in [-0.05, 0) is 47.4 Å². The Morgan fingerprint density at radius 1 is 1.04 bits per heavy atom. The van der Waals surface area contributed by atoms with Crippen molar-refractivity contribution in [3.8, 4) is 5.75 Å². The first kappa shape index (κ1) is 21.7. The summed E-state index contributed by atoms with van der Waals surface area (Å²) >= 11 is 0. The standard InChI is InChI=1S/C20H26N2O3S.ClH/c1-2-3-4-11-25-19-7-9-20(10-8-19)26(23,24)22-13-16-5-6-17-14-21-15-18(17)12-16;/h5-10,12,21-22H,2-4,11,13-15H2,1H3;1H. The van der Waals surface area contributed by atoms with Gasteiger partial charge in [-0.15, -0.1) is 12.4 Å². The van der Waals surface area contributed by atoms with Gasteiger partial charge in [0.2, 0.25) is 10.0 Å². The van der Waals surface area contributed by atoms with Crippen LogP contribution in [0.15, 0.2) is 47.4 Å². The van der Waals surface area contributed by atoms with E-state index in [0.29, 0.717) is 12.4 Å². The Morgan fingerprint density at radius 3 is 2.52 bits per heavy atom. The lowest BCUT2D eigenvalue weighted by Gasteiger charge is -2.10. The minimum atomic E-state index is -3.54. The molecule has 0 saturated carbocycles. The topological polar surface area (TPSA) is 67.4 Å². The van der Waals surface area contributed by atoms with Gasteiger partial charge in [0.1, 0.15) is 5.75 Å². The van der Waals surface area contributed by atoms with Crippen LogP contribution in [0.5, 0.6) is 5.75 Å². The Kier molecular flexibility index (Phi) is 8.10. The van der Waals surface area contributed by atoms with Crippen LogP contribution in [-0.2, 0) is 29.7 Å². The van der Waals surface area contributed by atoms with Crippen LogP contribution in [0, 0.1) is 0 Å². The second-order valence-electron chi connectivity index (χ2n) is 6.56. The van der Waals surface area contributed by atoms with E-state index in [-0.39, 0.29) is 23.8 Å². The lowest BCUT2D eigenvalue weighted by atomic mass is 10.1. The summed E-state index contributed by atoms with van der Waals surface area (Å²) in [6.45, 7) is 4.81. The molecule has 27 heavy (non-hydrogen) atoms. The smallest absolute Gasteiger partial charge is 0.240 e. The molecule has 0 bridgehead atoms. The van der Waals surface area contributed by atoms with Crippen LogP contribution in [0.2, 0.25) is 0 Å². The van der Waals surface area contributed by atoms with Crippen molar-refractivity contribution in [1.82, 2.24) is 10.0 Å². The maximum atomic E-state index is 12.5. The fourth-order valence-electron chi connectivity index (χ4n) is 2.98. The molecule has 1 heterocycles. The second kappa shape index (κ2) is 10.1. The average Bonchev–Trinajstić information content (AvgIpc) is 3.12. The predicted octanol–water partition coefficient (Wildman–Crippen LogP) is 3.76. The molecule has 1 aliphatic rings. The number of halogens is 1. The van der Waals surface area contributed by atoms with E-state index in [4.69, 9.17) is 4.74 Å². The van der Waals surface area contributed by atoms with Crippen LogP contribution in [0.1, 0.15) is 42.9 Å². The van der Waals surface area contributed by atoms with Crippen molar-refractivity contribution in [3.05, 3.63) is 59.2 Å². The predicted molar refractivity (Wildman–Crippen MR) is 110 cm³/mol. The summed E-state index contributed by atoms with van der Waals surface area (Å²) in [6, 6.07) is 12.7. The lowest BCUT2D eigenvalue weighted by Crippen LogP contribution is -2.23. The highest BCUT2D eigenvalue weighted by atomic mass is 35.5. The van der Waals surface area contributed by atoms with E-state index >= 15 is 0 Å². The largest absolute Gasteiger partial charge is 0.494 e. The molecule has 3 rings (SSSR count). The van der Waals surface area contributed by atoms with Crippen molar-refractivity contribution in [1.29, 1.82) is 0 Å². The van der Waals surface area contributed by atoms with E-state index in [1.165, 1.54) is 11.1 Å². The summed E-state index contributed by atoms with van der Waals surface area (Å²) in [4.78, 5) is 0.251. The fourth-order valence-corrected chi connectivity index (χ4v) is 3.99. The van der Waals surface area contributed by atoms with Gasteiger partial charge in [-0.3, -0.25) is 0 Å². The molecule has 2 aromatic carbocycles. The molecule has 5 nitrogen and oxygen atoms in total. The summed E-state index contributed by atoms with van der Waals surface area (Å²) < 4.78 is 33.3. The van der Waals surface area contributed by atoms with Gasteiger partial charge in [0, 0.05) is 19.6 Å². The minimum absolute atomic E-state index is 0. The van der Waals surface area contributed by atoms with E-state index in [2.05, 4.69) is 29.1 Å². The van der Waals surface area contributed by atoms with Gasteiger partial charge in [0.15, 0.2) is 0 Å². The van der Waals surface area contributed by atoms with Crippen LogP contribution in [0.4, 0.5) is 0 Å². The first-order chi connectivity index (χ1) is 12.6. The monoisotopic (exact) mass is 410 g/mol. The van der Waals surface area contributed by atoms with Gasteiger partial charge in [0.25, 0.3) is 0 Å². The van der Waals surface area contributed by atoms with Gasteiger partial charge >= 0.3 is 0 Å². The van der Waals surface area contributed by atoms with Crippen LogP contribution in [0.25, 0.3) is 0 Å². The van der Waals surface area contributed by atoms with Crippen molar-refractivity contribution in [2.24, 2.45) is 0 Å². The quantitative estimate of drug-likeness (QED) is 0.617. The molecule has 0 amide bonds. The van der Waals surface area contributed by atoms with E-state index in [9.17, 15) is 8.42 Å². The van der Waals surface area contributed by atoms with Crippen LogP contribution in [-0.4, -0.2) is 15.0 Å². The van der Waals surface area contributed by atoms with Gasteiger partial charge < -0.3 is 10.1 Å². The molecule has 0 fully saturated rings. The highest BCUT2D eigenvalue weighted by molar-refractivity contribution is 7.89. The molecule has 0 saturated heterocycles. The second-order valence-corrected chi connectivity index (χ2v) is 8.33. The number of unbranched alkanes of at least 4 members (excludes halogenated alkanes) is 2.